The van der Waals surface area contributed by atoms with E-state index in [9.17, 15) is 0 Å². The van der Waals surface area contributed by atoms with Crippen LogP contribution in [0.5, 0.6) is 0 Å². The van der Waals surface area contributed by atoms with Crippen molar-refractivity contribution in [3.63, 3.8) is 0 Å². The Morgan fingerprint density at radius 2 is 2.25 bits per heavy atom. The molecule has 1 aromatic rings. The van der Waals surface area contributed by atoms with Crippen molar-refractivity contribution in [2.24, 2.45) is 5.73 Å². The molecule has 12 heavy (non-hydrogen) atoms. The number of aromatic amines is 1. The Balaban J connectivity index is 2.11. The average Bonchev–Trinajstić information content (AvgIpc) is 2.75. The largest absolute Gasteiger partial charge is 0.325 e. The topological polar surface area (TPSA) is 54.7 Å². The van der Waals surface area contributed by atoms with Gasteiger partial charge in [-0.1, -0.05) is 12.8 Å². The van der Waals surface area contributed by atoms with Gasteiger partial charge in [0.25, 0.3) is 0 Å². The van der Waals surface area contributed by atoms with E-state index < -0.39 is 0 Å². The predicted octanol–water partition coefficient (Wildman–Crippen LogP) is 1.53. The number of hydrogen-bond acceptors (Lipinski definition) is 2. The van der Waals surface area contributed by atoms with Crippen molar-refractivity contribution in [3.05, 3.63) is 17.5 Å². The Labute approximate surface area is 72.4 Å². The van der Waals surface area contributed by atoms with Gasteiger partial charge in [-0.05, 0) is 18.9 Å². The Hall–Kier alpha value is -0.830. The lowest BCUT2D eigenvalue weighted by molar-refractivity contribution is 0.693. The SMILES string of the molecule is NCc1cc(C2CCCC2)n[nH]1. The normalized spacial score (nSPS) is 18.8. The quantitative estimate of drug-likeness (QED) is 0.698. The summed E-state index contributed by atoms with van der Waals surface area (Å²) in [6.07, 6.45) is 5.31. The molecule has 66 valence electrons. The number of nitrogens with zero attached hydrogens (tertiary/aromatic N) is 1. The minimum Gasteiger partial charge on any atom is -0.325 e. The Kier molecular flexibility index (Phi) is 2.13. The van der Waals surface area contributed by atoms with Crippen LogP contribution in [0, 0.1) is 0 Å². The molecule has 1 heterocycles. The van der Waals surface area contributed by atoms with Crippen molar-refractivity contribution >= 4 is 0 Å². The van der Waals surface area contributed by atoms with Crippen molar-refractivity contribution in [2.75, 3.05) is 0 Å². The van der Waals surface area contributed by atoms with Gasteiger partial charge in [-0.25, -0.2) is 0 Å². The summed E-state index contributed by atoms with van der Waals surface area (Å²) in [6, 6.07) is 2.11. The average molecular weight is 165 g/mol. The second-order valence-electron chi connectivity index (χ2n) is 3.50. The fraction of sp³-hybridized carbons (Fsp3) is 0.667. The molecule has 1 saturated carbocycles. The number of rotatable bonds is 2. The monoisotopic (exact) mass is 165 g/mol. The van der Waals surface area contributed by atoms with Gasteiger partial charge in [0.05, 0.1) is 5.69 Å². The molecule has 1 aromatic heterocycles. The Bertz CT molecular complexity index is 248. The molecule has 1 fully saturated rings. The van der Waals surface area contributed by atoms with E-state index in [1.807, 2.05) is 0 Å². The standard InChI is InChI=1S/C9H15N3/c10-6-8-5-9(12-11-8)7-3-1-2-4-7/h5,7H,1-4,6,10H2,(H,11,12). The van der Waals surface area contributed by atoms with Crippen LogP contribution in [0.4, 0.5) is 0 Å². The minimum atomic E-state index is 0.569. The zero-order valence-corrected chi connectivity index (χ0v) is 7.21. The molecule has 1 aliphatic carbocycles. The second kappa shape index (κ2) is 3.27. The number of nitrogens with two attached hydrogens (primary N) is 1. The molecular formula is C9H15N3. The zero-order chi connectivity index (χ0) is 8.39. The Morgan fingerprint density at radius 3 is 2.83 bits per heavy atom. The maximum Gasteiger partial charge on any atom is 0.0656 e. The lowest BCUT2D eigenvalue weighted by Gasteiger charge is -2.01. The maximum absolute atomic E-state index is 5.49. The van der Waals surface area contributed by atoms with Crippen LogP contribution in [0.25, 0.3) is 0 Å². The summed E-state index contributed by atoms with van der Waals surface area (Å²) in [4.78, 5) is 0. The van der Waals surface area contributed by atoms with E-state index in [4.69, 9.17) is 5.73 Å². The lowest BCUT2D eigenvalue weighted by Crippen LogP contribution is -1.95. The molecule has 0 atom stereocenters. The fourth-order valence-corrected chi connectivity index (χ4v) is 1.91. The zero-order valence-electron chi connectivity index (χ0n) is 7.21. The highest BCUT2D eigenvalue weighted by Crippen LogP contribution is 2.32. The molecule has 1 aliphatic rings. The summed E-state index contributed by atoms with van der Waals surface area (Å²) in [6.45, 7) is 0.569. The van der Waals surface area contributed by atoms with Gasteiger partial charge in [0, 0.05) is 18.2 Å². The van der Waals surface area contributed by atoms with Crippen molar-refractivity contribution in [2.45, 2.75) is 38.1 Å². The molecule has 0 aromatic carbocycles. The highest BCUT2D eigenvalue weighted by atomic mass is 15.1. The van der Waals surface area contributed by atoms with Crippen molar-refractivity contribution in [1.82, 2.24) is 10.2 Å². The van der Waals surface area contributed by atoms with Crippen molar-refractivity contribution < 1.29 is 0 Å². The van der Waals surface area contributed by atoms with E-state index >= 15 is 0 Å². The van der Waals surface area contributed by atoms with E-state index in [2.05, 4.69) is 16.3 Å². The van der Waals surface area contributed by atoms with Gasteiger partial charge in [0.1, 0.15) is 0 Å². The summed E-state index contributed by atoms with van der Waals surface area (Å²) in [7, 11) is 0. The van der Waals surface area contributed by atoms with Crippen molar-refractivity contribution in [1.29, 1.82) is 0 Å². The molecule has 0 bridgehead atoms. The summed E-state index contributed by atoms with van der Waals surface area (Å²) >= 11 is 0. The van der Waals surface area contributed by atoms with Gasteiger partial charge < -0.3 is 5.73 Å². The number of nitrogens with one attached hydrogen (secondary N) is 1. The number of hydrogen-bond donors (Lipinski definition) is 2. The van der Waals surface area contributed by atoms with Gasteiger partial charge in [0.2, 0.25) is 0 Å². The van der Waals surface area contributed by atoms with E-state index in [-0.39, 0.29) is 0 Å². The summed E-state index contributed by atoms with van der Waals surface area (Å²) in [5, 5.41) is 7.22. The van der Waals surface area contributed by atoms with E-state index in [0.717, 1.165) is 5.69 Å². The predicted molar refractivity (Wildman–Crippen MR) is 47.7 cm³/mol. The molecular weight excluding hydrogens is 150 g/mol. The first-order valence-electron chi connectivity index (χ1n) is 4.64. The lowest BCUT2D eigenvalue weighted by atomic mass is 10.0. The highest BCUT2D eigenvalue weighted by molar-refractivity contribution is 5.13. The molecule has 3 nitrogen and oxygen atoms in total. The van der Waals surface area contributed by atoms with Gasteiger partial charge in [-0.2, -0.15) is 5.10 Å². The van der Waals surface area contributed by atoms with Crippen LogP contribution in [-0.4, -0.2) is 10.2 Å². The van der Waals surface area contributed by atoms with E-state index in [1.54, 1.807) is 0 Å². The van der Waals surface area contributed by atoms with Gasteiger partial charge in [0.15, 0.2) is 0 Å². The molecule has 3 heteroatoms. The first-order chi connectivity index (χ1) is 5.90. The number of H-pyrrole nitrogens is 1. The summed E-state index contributed by atoms with van der Waals surface area (Å²) in [5.74, 6) is 0.696. The summed E-state index contributed by atoms with van der Waals surface area (Å²) < 4.78 is 0. The third-order valence-electron chi connectivity index (χ3n) is 2.64. The fourth-order valence-electron chi connectivity index (χ4n) is 1.91. The van der Waals surface area contributed by atoms with Crippen LogP contribution in [0.2, 0.25) is 0 Å². The minimum absolute atomic E-state index is 0.569. The van der Waals surface area contributed by atoms with Crippen LogP contribution >= 0.6 is 0 Å². The van der Waals surface area contributed by atoms with Crippen LogP contribution in [0.1, 0.15) is 43.0 Å². The smallest absolute Gasteiger partial charge is 0.0656 e. The Morgan fingerprint density at radius 1 is 1.50 bits per heavy atom. The van der Waals surface area contributed by atoms with E-state index in [1.165, 1.54) is 31.4 Å². The molecule has 0 spiro atoms. The third-order valence-corrected chi connectivity index (χ3v) is 2.64. The van der Waals surface area contributed by atoms with Crippen molar-refractivity contribution in [3.8, 4) is 0 Å². The molecule has 3 N–H and O–H groups in total. The van der Waals surface area contributed by atoms with Gasteiger partial charge >= 0.3 is 0 Å². The molecule has 2 rings (SSSR count). The van der Waals surface area contributed by atoms with E-state index in [0.29, 0.717) is 12.5 Å². The molecule has 0 aliphatic heterocycles. The molecule has 0 saturated heterocycles. The summed E-state index contributed by atoms with van der Waals surface area (Å²) in [5.41, 5.74) is 7.76. The maximum atomic E-state index is 5.49. The first-order valence-corrected chi connectivity index (χ1v) is 4.64. The molecule has 0 amide bonds. The highest BCUT2D eigenvalue weighted by Gasteiger charge is 2.19. The van der Waals surface area contributed by atoms with Crippen LogP contribution in [0.3, 0.4) is 0 Å². The first kappa shape index (κ1) is 7.80. The molecule has 0 radical (unpaired) electrons. The van der Waals surface area contributed by atoms with Gasteiger partial charge in [-0.15, -0.1) is 0 Å². The van der Waals surface area contributed by atoms with Gasteiger partial charge in [-0.3, -0.25) is 5.10 Å². The van der Waals surface area contributed by atoms with Crippen LogP contribution in [-0.2, 0) is 6.54 Å². The number of aromatic nitrogens is 2. The molecule has 0 unspecified atom stereocenters. The van der Waals surface area contributed by atoms with Crippen LogP contribution in [0.15, 0.2) is 6.07 Å². The van der Waals surface area contributed by atoms with Crippen LogP contribution < -0.4 is 5.73 Å². The third kappa shape index (κ3) is 1.37. The second-order valence-corrected chi connectivity index (χ2v) is 3.50.